The summed E-state index contributed by atoms with van der Waals surface area (Å²) >= 11 is 0. The van der Waals surface area contributed by atoms with Crippen LogP contribution in [0.4, 0.5) is 4.79 Å². The Hall–Kier alpha value is -1.43. The number of amides is 3. The van der Waals surface area contributed by atoms with Gasteiger partial charge in [0, 0.05) is 32.0 Å². The SMILES string of the molecule is O=C1CC[C@H](NC(=O)N2CC[C@@]34OC([C@H]23)N4S(=O)(=O)O)CCN1. The van der Waals surface area contributed by atoms with Gasteiger partial charge in [-0.05, 0) is 12.8 Å². The highest BCUT2D eigenvalue weighted by atomic mass is 32.2. The third kappa shape index (κ3) is 2.07. The molecule has 0 aromatic heterocycles. The van der Waals surface area contributed by atoms with E-state index in [1.54, 1.807) is 4.90 Å². The number of nitrogens with one attached hydrogen (secondary N) is 2. The molecule has 3 N–H and O–H groups in total. The highest BCUT2D eigenvalue weighted by Crippen LogP contribution is 2.60. The molecular formula is C12H18N4O6S. The molecule has 0 saturated carbocycles. The van der Waals surface area contributed by atoms with Gasteiger partial charge in [0.15, 0.2) is 12.0 Å². The van der Waals surface area contributed by atoms with E-state index in [1.807, 2.05) is 0 Å². The second-order valence-corrected chi connectivity index (χ2v) is 7.63. The monoisotopic (exact) mass is 346 g/mol. The molecule has 5 rings (SSSR count). The van der Waals surface area contributed by atoms with Gasteiger partial charge in [-0.3, -0.25) is 9.35 Å². The molecule has 3 amide bonds. The first-order valence-electron chi connectivity index (χ1n) is 7.61. The van der Waals surface area contributed by atoms with Gasteiger partial charge in [-0.1, -0.05) is 0 Å². The van der Waals surface area contributed by atoms with E-state index < -0.39 is 22.3 Å². The lowest BCUT2D eigenvalue weighted by Gasteiger charge is -2.69. The lowest BCUT2D eigenvalue weighted by molar-refractivity contribution is -0.442. The van der Waals surface area contributed by atoms with Gasteiger partial charge in [-0.25, -0.2) is 4.79 Å². The van der Waals surface area contributed by atoms with Gasteiger partial charge < -0.3 is 20.3 Å². The van der Waals surface area contributed by atoms with Crippen LogP contribution in [0.5, 0.6) is 0 Å². The third-order valence-electron chi connectivity index (χ3n) is 5.08. The summed E-state index contributed by atoms with van der Waals surface area (Å²) in [7, 11) is -4.31. The van der Waals surface area contributed by atoms with E-state index in [4.69, 9.17) is 4.74 Å². The van der Waals surface area contributed by atoms with Crippen molar-refractivity contribution in [2.75, 3.05) is 13.1 Å². The normalized spacial score (nSPS) is 39.6. The molecule has 0 radical (unpaired) electrons. The molecule has 0 aliphatic carbocycles. The number of rotatable bonds is 2. The predicted molar refractivity (Wildman–Crippen MR) is 75.3 cm³/mol. The van der Waals surface area contributed by atoms with Crippen LogP contribution < -0.4 is 10.6 Å². The Bertz CT molecular complexity index is 668. The second kappa shape index (κ2) is 4.79. The van der Waals surface area contributed by atoms with E-state index in [-0.39, 0.29) is 24.0 Å². The topological polar surface area (TPSA) is 128 Å². The summed E-state index contributed by atoms with van der Waals surface area (Å²) in [6.07, 6.45) is 1.17. The van der Waals surface area contributed by atoms with Crippen molar-refractivity contribution in [3.8, 4) is 0 Å². The number of urea groups is 1. The lowest BCUT2D eigenvalue weighted by atomic mass is 9.86. The standard InChI is InChI=1S/C12H18N4O6S/c17-8-2-1-7(3-5-13-8)14-11(18)15-6-4-12-9(15)10(22-12)16(12)23(19,20)21/h7,9-10H,1-6H2,(H,13,17)(H,14,18)(H,19,20,21)/t7-,9-,10?,12+/m0/s1. The van der Waals surface area contributed by atoms with Crippen molar-refractivity contribution in [2.24, 2.45) is 0 Å². The van der Waals surface area contributed by atoms with E-state index in [9.17, 15) is 22.6 Å². The molecule has 128 valence electrons. The summed E-state index contributed by atoms with van der Waals surface area (Å²) in [5.74, 6) is -0.0145. The largest absolute Gasteiger partial charge is 0.356 e. The van der Waals surface area contributed by atoms with Crippen LogP contribution in [0, 0.1) is 0 Å². The molecule has 1 unspecified atom stereocenters. The molecule has 2 bridgehead atoms. The van der Waals surface area contributed by atoms with Gasteiger partial charge in [0.05, 0.1) is 0 Å². The van der Waals surface area contributed by atoms with Crippen LogP contribution in [-0.4, -0.2) is 71.2 Å². The van der Waals surface area contributed by atoms with Crippen molar-refractivity contribution in [2.45, 2.75) is 49.7 Å². The minimum absolute atomic E-state index is 0.0145. The Morgan fingerprint density at radius 2 is 2.22 bits per heavy atom. The Morgan fingerprint density at radius 3 is 2.91 bits per heavy atom. The summed E-state index contributed by atoms with van der Waals surface area (Å²) in [6.45, 7) is 0.891. The number of ether oxygens (including phenoxy) is 1. The van der Waals surface area contributed by atoms with Crippen molar-refractivity contribution < 1.29 is 27.3 Å². The molecule has 5 saturated heterocycles. The van der Waals surface area contributed by atoms with E-state index >= 15 is 0 Å². The fourth-order valence-corrected chi connectivity index (χ4v) is 5.00. The van der Waals surface area contributed by atoms with Gasteiger partial charge in [-0.15, -0.1) is 4.31 Å². The van der Waals surface area contributed by atoms with Crippen molar-refractivity contribution in [1.29, 1.82) is 0 Å². The zero-order valence-corrected chi connectivity index (χ0v) is 13.1. The minimum atomic E-state index is -4.31. The van der Waals surface area contributed by atoms with Crippen LogP contribution in [0.25, 0.3) is 0 Å². The summed E-state index contributed by atoms with van der Waals surface area (Å²) in [4.78, 5) is 25.3. The van der Waals surface area contributed by atoms with Crippen LogP contribution in [0.15, 0.2) is 0 Å². The minimum Gasteiger partial charge on any atom is -0.356 e. The number of hydrogen-bond acceptors (Lipinski definition) is 5. The van der Waals surface area contributed by atoms with Crippen LogP contribution in [0.1, 0.15) is 25.7 Å². The van der Waals surface area contributed by atoms with Crippen LogP contribution in [0.3, 0.4) is 0 Å². The molecule has 11 heteroatoms. The molecule has 0 aromatic carbocycles. The lowest BCUT2D eigenvalue weighted by Crippen LogP contribution is -2.92. The molecule has 1 spiro atoms. The van der Waals surface area contributed by atoms with Crippen LogP contribution >= 0.6 is 0 Å². The van der Waals surface area contributed by atoms with Gasteiger partial charge in [0.1, 0.15) is 6.04 Å². The Balaban J connectivity index is 1.39. The van der Waals surface area contributed by atoms with Gasteiger partial charge >= 0.3 is 16.3 Å². The van der Waals surface area contributed by atoms with E-state index in [0.717, 1.165) is 4.31 Å². The summed E-state index contributed by atoms with van der Waals surface area (Å²) in [5.41, 5.74) is -1.09. The molecule has 0 aromatic rings. The molecule has 5 heterocycles. The maximum atomic E-state index is 12.4. The highest BCUT2D eigenvalue weighted by Gasteiger charge is 2.82. The van der Waals surface area contributed by atoms with Crippen molar-refractivity contribution in [3.05, 3.63) is 0 Å². The first kappa shape index (κ1) is 15.1. The number of likely N-dealkylation sites (tertiary alicyclic amines) is 1. The fourth-order valence-electron chi connectivity index (χ4n) is 3.95. The van der Waals surface area contributed by atoms with E-state index in [2.05, 4.69) is 10.6 Å². The zero-order chi connectivity index (χ0) is 16.4. The van der Waals surface area contributed by atoms with Crippen molar-refractivity contribution in [3.63, 3.8) is 0 Å². The Labute approximate surface area is 133 Å². The Kier molecular flexibility index (Phi) is 3.15. The van der Waals surface area contributed by atoms with Gasteiger partial charge in [-0.2, -0.15) is 8.42 Å². The number of carbonyl (C=O) groups excluding carboxylic acids is 2. The molecule has 5 fully saturated rings. The highest BCUT2D eigenvalue weighted by molar-refractivity contribution is 7.83. The average molecular weight is 346 g/mol. The van der Waals surface area contributed by atoms with E-state index in [1.165, 1.54) is 0 Å². The molecular weight excluding hydrogens is 328 g/mol. The smallest absolute Gasteiger partial charge is 0.340 e. The molecule has 5 aliphatic heterocycles. The van der Waals surface area contributed by atoms with Gasteiger partial charge in [0.25, 0.3) is 0 Å². The first-order valence-corrected chi connectivity index (χ1v) is 9.01. The van der Waals surface area contributed by atoms with Crippen LogP contribution in [-0.2, 0) is 19.8 Å². The maximum Gasteiger partial charge on any atom is 0.340 e. The molecule has 10 nitrogen and oxygen atoms in total. The quantitative estimate of drug-likeness (QED) is 0.528. The first-order chi connectivity index (χ1) is 10.8. The van der Waals surface area contributed by atoms with Crippen molar-refractivity contribution >= 4 is 22.2 Å². The number of carbonyl (C=O) groups is 2. The number of nitrogens with zero attached hydrogens (tertiary/aromatic N) is 2. The summed E-state index contributed by atoms with van der Waals surface area (Å²) < 4.78 is 38.1. The maximum absolute atomic E-state index is 12.4. The predicted octanol–water partition coefficient (Wildman–Crippen LogP) is -1.39. The third-order valence-corrected chi connectivity index (χ3v) is 6.09. The fraction of sp³-hybridized carbons (Fsp3) is 0.833. The number of hydrogen-bond donors (Lipinski definition) is 3. The van der Waals surface area contributed by atoms with Gasteiger partial charge in [0.2, 0.25) is 5.91 Å². The Morgan fingerprint density at radius 1 is 1.43 bits per heavy atom. The van der Waals surface area contributed by atoms with Crippen molar-refractivity contribution in [1.82, 2.24) is 19.8 Å². The zero-order valence-electron chi connectivity index (χ0n) is 12.3. The second-order valence-electron chi connectivity index (χ2n) is 6.34. The molecule has 5 aliphatic rings. The van der Waals surface area contributed by atoms with E-state index in [0.29, 0.717) is 38.8 Å². The summed E-state index contributed by atoms with van der Waals surface area (Å²) in [6, 6.07) is -0.720. The molecule has 4 atom stereocenters. The average Bonchev–Trinajstić information content (AvgIpc) is 2.52. The summed E-state index contributed by atoms with van der Waals surface area (Å²) in [5, 5.41) is 5.66. The van der Waals surface area contributed by atoms with Crippen LogP contribution in [0.2, 0.25) is 0 Å². The molecule has 23 heavy (non-hydrogen) atoms.